The molecule has 0 aliphatic heterocycles. The van der Waals surface area contributed by atoms with Crippen LogP contribution in [0, 0.1) is 6.92 Å². The van der Waals surface area contributed by atoms with Crippen molar-refractivity contribution < 1.29 is 13.2 Å². The van der Waals surface area contributed by atoms with Gasteiger partial charge in [-0.2, -0.15) is 0 Å². The quantitative estimate of drug-likeness (QED) is 0.390. The second-order valence-corrected chi connectivity index (χ2v) is 9.91. The molecule has 10 heteroatoms. The van der Waals surface area contributed by atoms with E-state index < -0.39 is 15.9 Å². The standard InChI is InChI=1S/C22H17ClN4O3S2/c1-14-7-10-17(11-8-14)32(29,30)27-16-9-12-19(23)18(13-16)20(28)24-22-26-25-21(31-22)15-5-3-2-4-6-15/h2-13,27H,1H3,(H,24,26,28). The van der Waals surface area contributed by atoms with Crippen molar-refractivity contribution in [1.29, 1.82) is 0 Å². The molecule has 0 aliphatic carbocycles. The third kappa shape index (κ3) is 4.96. The summed E-state index contributed by atoms with van der Waals surface area (Å²) in [7, 11) is -3.82. The van der Waals surface area contributed by atoms with E-state index in [1.165, 1.54) is 41.7 Å². The molecule has 1 amide bonds. The van der Waals surface area contributed by atoms with Crippen molar-refractivity contribution in [2.75, 3.05) is 10.0 Å². The van der Waals surface area contributed by atoms with E-state index in [0.29, 0.717) is 10.1 Å². The average molecular weight is 485 g/mol. The summed E-state index contributed by atoms with van der Waals surface area (Å²) in [6.45, 7) is 1.87. The molecule has 0 atom stereocenters. The molecule has 32 heavy (non-hydrogen) atoms. The number of hydrogen-bond acceptors (Lipinski definition) is 6. The van der Waals surface area contributed by atoms with Crippen molar-refractivity contribution in [3.05, 3.63) is 88.9 Å². The number of aryl methyl sites for hydroxylation is 1. The fourth-order valence-electron chi connectivity index (χ4n) is 2.83. The van der Waals surface area contributed by atoms with Crippen molar-refractivity contribution in [2.45, 2.75) is 11.8 Å². The number of nitrogens with one attached hydrogen (secondary N) is 2. The summed E-state index contributed by atoms with van der Waals surface area (Å²) >= 11 is 7.41. The molecule has 0 spiro atoms. The third-order valence-corrected chi connectivity index (χ3v) is 7.08. The van der Waals surface area contributed by atoms with Gasteiger partial charge >= 0.3 is 0 Å². The molecule has 0 aliphatic rings. The predicted molar refractivity (Wildman–Crippen MR) is 127 cm³/mol. The second kappa shape index (κ2) is 9.07. The molecule has 0 unspecified atom stereocenters. The molecule has 4 aromatic rings. The van der Waals surface area contributed by atoms with Crippen LogP contribution in [0.4, 0.5) is 10.8 Å². The molecule has 0 radical (unpaired) electrons. The number of halogens is 1. The highest BCUT2D eigenvalue weighted by Gasteiger charge is 2.18. The molecule has 1 heterocycles. The summed E-state index contributed by atoms with van der Waals surface area (Å²) in [5.74, 6) is -0.526. The third-order valence-electron chi connectivity index (χ3n) is 4.46. The van der Waals surface area contributed by atoms with Gasteiger partial charge in [0.15, 0.2) is 0 Å². The number of anilines is 2. The minimum Gasteiger partial charge on any atom is -0.296 e. The fourth-order valence-corrected chi connectivity index (χ4v) is 4.83. The second-order valence-electron chi connectivity index (χ2n) is 6.85. The van der Waals surface area contributed by atoms with Crippen LogP contribution in [0.25, 0.3) is 10.6 Å². The zero-order valence-corrected chi connectivity index (χ0v) is 19.1. The van der Waals surface area contributed by atoms with Crippen LogP contribution in [0.5, 0.6) is 0 Å². The molecular formula is C22H17ClN4O3S2. The largest absolute Gasteiger partial charge is 0.296 e. The van der Waals surface area contributed by atoms with Crippen molar-refractivity contribution in [3.8, 4) is 10.6 Å². The Balaban J connectivity index is 1.53. The summed E-state index contributed by atoms with van der Waals surface area (Å²) in [4.78, 5) is 12.9. The monoisotopic (exact) mass is 484 g/mol. The molecular weight excluding hydrogens is 468 g/mol. The summed E-state index contributed by atoms with van der Waals surface area (Å²) in [6.07, 6.45) is 0. The van der Waals surface area contributed by atoms with E-state index in [2.05, 4.69) is 20.2 Å². The SMILES string of the molecule is Cc1ccc(S(=O)(=O)Nc2ccc(Cl)c(C(=O)Nc3nnc(-c4ccccc4)s3)c2)cc1. The van der Waals surface area contributed by atoms with Gasteiger partial charge in [-0.15, -0.1) is 10.2 Å². The Morgan fingerprint density at radius 2 is 1.69 bits per heavy atom. The van der Waals surface area contributed by atoms with Gasteiger partial charge in [0.25, 0.3) is 15.9 Å². The van der Waals surface area contributed by atoms with Crippen LogP contribution in [-0.2, 0) is 10.0 Å². The van der Waals surface area contributed by atoms with Gasteiger partial charge in [0, 0.05) is 11.3 Å². The Hall–Kier alpha value is -3.27. The first kappa shape index (κ1) is 21.9. The Morgan fingerprint density at radius 1 is 0.969 bits per heavy atom. The zero-order valence-electron chi connectivity index (χ0n) is 16.7. The molecule has 1 aromatic heterocycles. The lowest BCUT2D eigenvalue weighted by Crippen LogP contribution is -2.15. The first-order valence-corrected chi connectivity index (χ1v) is 12.1. The summed E-state index contributed by atoms with van der Waals surface area (Å²) in [6, 6.07) is 20.2. The number of hydrogen-bond donors (Lipinski definition) is 2. The lowest BCUT2D eigenvalue weighted by molar-refractivity contribution is 0.102. The maximum atomic E-state index is 12.8. The van der Waals surface area contributed by atoms with Gasteiger partial charge in [-0.25, -0.2) is 8.42 Å². The number of aromatic nitrogens is 2. The van der Waals surface area contributed by atoms with Crippen molar-refractivity contribution in [2.24, 2.45) is 0 Å². The first-order chi connectivity index (χ1) is 15.3. The van der Waals surface area contributed by atoms with Crippen LogP contribution in [0.3, 0.4) is 0 Å². The van der Waals surface area contributed by atoms with E-state index in [9.17, 15) is 13.2 Å². The smallest absolute Gasteiger partial charge is 0.261 e. The molecule has 2 N–H and O–H groups in total. The van der Waals surface area contributed by atoms with Crippen LogP contribution >= 0.6 is 22.9 Å². The van der Waals surface area contributed by atoms with E-state index in [1.807, 2.05) is 37.3 Å². The maximum absolute atomic E-state index is 12.8. The summed E-state index contributed by atoms with van der Waals surface area (Å²) in [5.41, 5.74) is 2.15. The minimum atomic E-state index is -3.82. The van der Waals surface area contributed by atoms with E-state index in [0.717, 1.165) is 11.1 Å². The van der Waals surface area contributed by atoms with Gasteiger partial charge in [0.05, 0.1) is 15.5 Å². The number of carbonyl (C=O) groups is 1. The molecule has 7 nitrogen and oxygen atoms in total. The van der Waals surface area contributed by atoms with E-state index in [1.54, 1.807) is 12.1 Å². The van der Waals surface area contributed by atoms with Gasteiger partial charge in [-0.05, 0) is 37.3 Å². The zero-order chi connectivity index (χ0) is 22.7. The Labute approximate surface area is 194 Å². The highest BCUT2D eigenvalue weighted by Crippen LogP contribution is 2.28. The first-order valence-electron chi connectivity index (χ1n) is 9.41. The number of benzene rings is 3. The molecule has 3 aromatic carbocycles. The molecule has 0 bridgehead atoms. The van der Waals surface area contributed by atoms with Gasteiger partial charge in [-0.1, -0.05) is 71.0 Å². The van der Waals surface area contributed by atoms with Crippen LogP contribution in [0.1, 0.15) is 15.9 Å². The Kier molecular flexibility index (Phi) is 6.22. The van der Waals surface area contributed by atoms with Crippen LogP contribution in [0.2, 0.25) is 5.02 Å². The predicted octanol–water partition coefficient (Wildman–Crippen LogP) is 5.22. The highest BCUT2D eigenvalue weighted by molar-refractivity contribution is 7.92. The Morgan fingerprint density at radius 3 is 2.41 bits per heavy atom. The number of carbonyl (C=O) groups excluding carboxylic acids is 1. The molecule has 0 saturated carbocycles. The molecule has 0 saturated heterocycles. The van der Waals surface area contributed by atoms with Crippen molar-refractivity contribution in [1.82, 2.24) is 10.2 Å². The lowest BCUT2D eigenvalue weighted by atomic mass is 10.2. The van der Waals surface area contributed by atoms with Crippen molar-refractivity contribution >= 4 is 49.7 Å². The fraction of sp³-hybridized carbons (Fsp3) is 0.0455. The van der Waals surface area contributed by atoms with Crippen LogP contribution in [-0.4, -0.2) is 24.5 Å². The minimum absolute atomic E-state index is 0.104. The summed E-state index contributed by atoms with van der Waals surface area (Å²) in [5, 5.41) is 11.9. The lowest BCUT2D eigenvalue weighted by Gasteiger charge is -2.11. The van der Waals surface area contributed by atoms with Crippen LogP contribution < -0.4 is 10.0 Å². The topological polar surface area (TPSA) is 101 Å². The van der Waals surface area contributed by atoms with Gasteiger partial charge in [-0.3, -0.25) is 14.8 Å². The van der Waals surface area contributed by atoms with Gasteiger partial charge < -0.3 is 0 Å². The average Bonchev–Trinajstić information content (AvgIpc) is 3.24. The van der Waals surface area contributed by atoms with E-state index in [-0.39, 0.29) is 21.2 Å². The number of amides is 1. The normalized spacial score (nSPS) is 11.2. The molecule has 0 fully saturated rings. The van der Waals surface area contributed by atoms with E-state index in [4.69, 9.17) is 11.6 Å². The van der Waals surface area contributed by atoms with Gasteiger partial charge in [0.2, 0.25) is 5.13 Å². The Bertz CT molecular complexity index is 1370. The molecule has 4 rings (SSSR count). The maximum Gasteiger partial charge on any atom is 0.261 e. The van der Waals surface area contributed by atoms with Crippen molar-refractivity contribution in [3.63, 3.8) is 0 Å². The van der Waals surface area contributed by atoms with Crippen LogP contribution in [0.15, 0.2) is 77.7 Å². The van der Waals surface area contributed by atoms with E-state index >= 15 is 0 Å². The number of rotatable bonds is 6. The van der Waals surface area contributed by atoms with Gasteiger partial charge in [0.1, 0.15) is 5.01 Å². The molecule has 162 valence electrons. The summed E-state index contributed by atoms with van der Waals surface area (Å²) < 4.78 is 27.8. The number of nitrogens with zero attached hydrogens (tertiary/aromatic N) is 2. The number of sulfonamides is 1. The highest BCUT2D eigenvalue weighted by atomic mass is 35.5.